The van der Waals surface area contributed by atoms with E-state index in [2.05, 4.69) is 15.6 Å². The lowest BCUT2D eigenvalue weighted by Crippen LogP contribution is -2.02. The number of hydrogen-bond donors (Lipinski definition) is 1. The number of aromatic nitrogens is 3. The topological polar surface area (TPSA) is 42.7 Å². The highest BCUT2D eigenvalue weighted by Crippen LogP contribution is 2.17. The summed E-state index contributed by atoms with van der Waals surface area (Å²) in [6.07, 6.45) is 1.66. The Balaban J connectivity index is 2.09. The molecule has 0 unspecified atom stereocenters. The molecule has 0 bridgehead atoms. The van der Waals surface area contributed by atoms with Crippen LogP contribution in [0.25, 0.3) is 0 Å². The molecule has 0 atom stereocenters. The molecule has 1 aromatic heterocycles. The van der Waals surface area contributed by atoms with Gasteiger partial charge in [0.2, 0.25) is 0 Å². The zero-order valence-electron chi connectivity index (χ0n) is 8.91. The maximum Gasteiger partial charge on any atom is 0.194 e. The normalized spacial score (nSPS) is 10.6. The maximum atomic E-state index is 12.9. The van der Waals surface area contributed by atoms with Crippen LogP contribution in [0.2, 0.25) is 0 Å². The molecule has 0 aliphatic carbocycles. The van der Waals surface area contributed by atoms with Crippen LogP contribution >= 0.6 is 0 Å². The second-order valence-corrected chi connectivity index (χ2v) is 3.49. The molecule has 1 aromatic carbocycles. The first-order chi connectivity index (χ1) is 8.06. The van der Waals surface area contributed by atoms with E-state index in [4.69, 9.17) is 0 Å². The molecule has 0 fully saturated rings. The van der Waals surface area contributed by atoms with E-state index in [0.29, 0.717) is 5.69 Å². The van der Waals surface area contributed by atoms with Gasteiger partial charge in [0.25, 0.3) is 0 Å². The van der Waals surface area contributed by atoms with E-state index in [1.165, 1.54) is 4.68 Å². The maximum absolute atomic E-state index is 12.9. The number of hydrogen-bond acceptors (Lipinski definition) is 3. The Morgan fingerprint density at radius 1 is 1.24 bits per heavy atom. The van der Waals surface area contributed by atoms with Crippen LogP contribution in [-0.4, -0.2) is 15.0 Å². The first-order valence-electron chi connectivity index (χ1n) is 4.80. The summed E-state index contributed by atoms with van der Waals surface area (Å²) in [5.41, 5.74) is 0.754. The van der Waals surface area contributed by atoms with Crippen LogP contribution in [0.15, 0.2) is 18.3 Å². The van der Waals surface area contributed by atoms with E-state index in [1.54, 1.807) is 13.2 Å². The average molecular weight is 242 g/mol. The fourth-order valence-corrected chi connectivity index (χ4v) is 1.33. The molecule has 90 valence electrons. The summed E-state index contributed by atoms with van der Waals surface area (Å²) >= 11 is 0. The predicted molar refractivity (Wildman–Crippen MR) is 54.6 cm³/mol. The smallest absolute Gasteiger partial charge is 0.194 e. The van der Waals surface area contributed by atoms with E-state index < -0.39 is 17.5 Å². The number of rotatable bonds is 3. The Morgan fingerprint density at radius 3 is 2.41 bits per heavy atom. The minimum Gasteiger partial charge on any atom is -0.379 e. The fraction of sp³-hybridized carbons (Fsp3) is 0.200. The zero-order chi connectivity index (χ0) is 12.4. The third kappa shape index (κ3) is 2.55. The predicted octanol–water partition coefficient (Wildman–Crippen LogP) is 1.84. The molecule has 17 heavy (non-hydrogen) atoms. The molecule has 4 nitrogen and oxygen atoms in total. The van der Waals surface area contributed by atoms with Crippen LogP contribution < -0.4 is 5.32 Å². The number of nitrogens with zero attached hydrogens (tertiary/aromatic N) is 3. The van der Waals surface area contributed by atoms with E-state index in [-0.39, 0.29) is 12.2 Å². The van der Waals surface area contributed by atoms with Crippen LogP contribution in [-0.2, 0) is 13.6 Å². The highest BCUT2D eigenvalue weighted by atomic mass is 19.2. The van der Waals surface area contributed by atoms with Gasteiger partial charge in [0.05, 0.1) is 6.54 Å². The lowest BCUT2D eigenvalue weighted by atomic mass is 10.3. The number of aryl methyl sites for hydroxylation is 1. The van der Waals surface area contributed by atoms with Crippen LogP contribution in [0.4, 0.5) is 18.9 Å². The van der Waals surface area contributed by atoms with Crippen molar-refractivity contribution in [2.45, 2.75) is 6.54 Å². The SMILES string of the molecule is Cn1cc(CNc2cc(F)c(F)c(F)c2)nn1. The summed E-state index contributed by atoms with van der Waals surface area (Å²) in [5, 5.41) is 10.2. The van der Waals surface area contributed by atoms with Gasteiger partial charge in [-0.25, -0.2) is 13.2 Å². The molecular formula is C10H9F3N4. The summed E-state index contributed by atoms with van der Waals surface area (Å²) in [5.74, 6) is -3.94. The molecule has 1 N–H and O–H groups in total. The quantitative estimate of drug-likeness (QED) is 0.835. The number of nitrogens with one attached hydrogen (secondary N) is 1. The zero-order valence-corrected chi connectivity index (χ0v) is 8.91. The molecule has 0 saturated heterocycles. The molecule has 0 radical (unpaired) electrons. The Kier molecular flexibility index (Phi) is 2.99. The molecule has 0 spiro atoms. The lowest BCUT2D eigenvalue weighted by Gasteiger charge is -2.05. The third-order valence-electron chi connectivity index (χ3n) is 2.11. The van der Waals surface area contributed by atoms with Crippen LogP contribution in [0.1, 0.15) is 5.69 Å². The number of benzene rings is 1. The molecule has 0 aliphatic rings. The van der Waals surface area contributed by atoms with Crippen LogP contribution in [0.3, 0.4) is 0 Å². The largest absolute Gasteiger partial charge is 0.379 e. The van der Waals surface area contributed by atoms with Crippen molar-refractivity contribution < 1.29 is 13.2 Å². The average Bonchev–Trinajstić information content (AvgIpc) is 2.69. The van der Waals surface area contributed by atoms with E-state index in [9.17, 15) is 13.2 Å². The second kappa shape index (κ2) is 4.44. The summed E-state index contributed by atoms with van der Waals surface area (Å²) in [4.78, 5) is 0. The van der Waals surface area contributed by atoms with E-state index in [0.717, 1.165) is 12.1 Å². The van der Waals surface area contributed by atoms with Crippen LogP contribution in [0.5, 0.6) is 0 Å². The lowest BCUT2D eigenvalue weighted by molar-refractivity contribution is 0.447. The van der Waals surface area contributed by atoms with Gasteiger partial charge in [0.1, 0.15) is 5.69 Å². The highest BCUT2D eigenvalue weighted by Gasteiger charge is 2.10. The molecule has 0 saturated carbocycles. The van der Waals surface area contributed by atoms with Crippen molar-refractivity contribution >= 4 is 5.69 Å². The third-order valence-corrected chi connectivity index (χ3v) is 2.11. The fourth-order valence-electron chi connectivity index (χ4n) is 1.33. The van der Waals surface area contributed by atoms with Crippen molar-refractivity contribution in [2.75, 3.05) is 5.32 Å². The summed E-state index contributed by atoms with van der Waals surface area (Å²) in [6, 6.07) is 1.77. The van der Waals surface area contributed by atoms with Gasteiger partial charge >= 0.3 is 0 Å². The summed E-state index contributed by atoms with van der Waals surface area (Å²) in [7, 11) is 1.70. The molecular weight excluding hydrogens is 233 g/mol. The van der Waals surface area contributed by atoms with Gasteiger partial charge in [0, 0.05) is 31.1 Å². The molecule has 7 heteroatoms. The summed E-state index contributed by atoms with van der Waals surface area (Å²) < 4.78 is 39.9. The first-order valence-corrected chi connectivity index (χ1v) is 4.80. The van der Waals surface area contributed by atoms with Crippen molar-refractivity contribution in [1.29, 1.82) is 0 Å². The van der Waals surface area contributed by atoms with E-state index >= 15 is 0 Å². The molecule has 0 aliphatic heterocycles. The standard InChI is InChI=1S/C10H9F3N4/c1-17-5-7(15-16-17)4-14-6-2-8(11)10(13)9(12)3-6/h2-3,5,14H,4H2,1H3. The minimum absolute atomic E-state index is 0.145. The van der Waals surface area contributed by atoms with Gasteiger partial charge in [-0.1, -0.05) is 5.21 Å². The molecule has 2 rings (SSSR count). The van der Waals surface area contributed by atoms with Crippen molar-refractivity contribution in [3.8, 4) is 0 Å². The van der Waals surface area contributed by atoms with Gasteiger partial charge in [-0.05, 0) is 0 Å². The Morgan fingerprint density at radius 2 is 1.88 bits per heavy atom. The van der Waals surface area contributed by atoms with Gasteiger partial charge in [0.15, 0.2) is 17.5 Å². The Labute approximate surface area is 95.1 Å². The van der Waals surface area contributed by atoms with E-state index in [1.807, 2.05) is 0 Å². The van der Waals surface area contributed by atoms with Crippen molar-refractivity contribution in [3.63, 3.8) is 0 Å². The minimum atomic E-state index is -1.48. The number of anilines is 1. The van der Waals surface area contributed by atoms with Crippen LogP contribution in [0, 0.1) is 17.5 Å². The van der Waals surface area contributed by atoms with Crippen molar-refractivity contribution in [3.05, 3.63) is 41.5 Å². The van der Waals surface area contributed by atoms with Crippen molar-refractivity contribution in [1.82, 2.24) is 15.0 Å². The monoisotopic (exact) mass is 242 g/mol. The Bertz CT molecular complexity index is 515. The summed E-state index contributed by atoms with van der Waals surface area (Å²) in [6.45, 7) is 0.248. The highest BCUT2D eigenvalue weighted by molar-refractivity contribution is 5.44. The first kappa shape index (κ1) is 11.4. The van der Waals surface area contributed by atoms with Gasteiger partial charge in [-0.3, -0.25) is 4.68 Å². The second-order valence-electron chi connectivity index (χ2n) is 3.49. The molecule has 1 heterocycles. The molecule has 0 amide bonds. The van der Waals surface area contributed by atoms with Crippen molar-refractivity contribution in [2.24, 2.45) is 7.05 Å². The van der Waals surface area contributed by atoms with Gasteiger partial charge in [-0.2, -0.15) is 0 Å². The van der Waals surface area contributed by atoms with Gasteiger partial charge in [-0.15, -0.1) is 5.10 Å². The number of halogens is 3. The van der Waals surface area contributed by atoms with Gasteiger partial charge < -0.3 is 5.32 Å². The Hall–Kier alpha value is -2.05. The molecule has 2 aromatic rings.